The summed E-state index contributed by atoms with van der Waals surface area (Å²) in [6, 6.07) is 15.6. The van der Waals surface area contributed by atoms with Crippen molar-refractivity contribution in [3.05, 3.63) is 48.5 Å². The molecule has 1 aliphatic carbocycles. The molecule has 1 fully saturated rings. The number of tetrazole rings is 1. The maximum absolute atomic E-state index is 12.3. The van der Waals surface area contributed by atoms with Crippen LogP contribution in [-0.4, -0.2) is 39.3 Å². The molecule has 28 heavy (non-hydrogen) atoms. The van der Waals surface area contributed by atoms with E-state index in [4.69, 9.17) is 4.74 Å². The van der Waals surface area contributed by atoms with Gasteiger partial charge in [0.15, 0.2) is 5.82 Å². The Morgan fingerprint density at radius 2 is 1.96 bits per heavy atom. The number of aromatic nitrogens is 4. The monoisotopic (exact) mass is 378 g/mol. The lowest BCUT2D eigenvalue weighted by Gasteiger charge is -2.12. The van der Waals surface area contributed by atoms with Gasteiger partial charge in [0.05, 0.1) is 24.9 Å². The van der Waals surface area contributed by atoms with Crippen LogP contribution in [0.15, 0.2) is 48.5 Å². The highest BCUT2D eigenvalue weighted by Gasteiger charge is 2.28. The molecule has 0 spiro atoms. The topological polar surface area (TPSA) is 94.0 Å². The number of nitrogens with zero attached hydrogens (tertiary/aromatic N) is 4. The van der Waals surface area contributed by atoms with Gasteiger partial charge in [0.1, 0.15) is 5.75 Å². The minimum Gasteiger partial charge on any atom is -0.492 e. The van der Waals surface area contributed by atoms with E-state index in [1.165, 1.54) is 0 Å². The number of nitrogens with one attached hydrogen (secondary N) is 2. The third kappa shape index (κ3) is 4.11. The highest BCUT2D eigenvalue weighted by Crippen LogP contribution is 2.36. The minimum absolute atomic E-state index is 0.145. The second kappa shape index (κ2) is 8.08. The molecule has 8 heteroatoms. The van der Waals surface area contributed by atoms with Gasteiger partial charge in [-0.3, -0.25) is 4.79 Å². The van der Waals surface area contributed by atoms with Crippen LogP contribution in [0.5, 0.6) is 5.75 Å². The van der Waals surface area contributed by atoms with Crippen LogP contribution in [0.2, 0.25) is 0 Å². The van der Waals surface area contributed by atoms with Gasteiger partial charge in [-0.05, 0) is 66.6 Å². The molecule has 3 aromatic rings. The summed E-state index contributed by atoms with van der Waals surface area (Å²) in [6.07, 6.45) is 2.25. The fourth-order valence-electron chi connectivity index (χ4n) is 2.91. The number of carbonyl (C=O) groups excluding carboxylic acids is 1. The van der Waals surface area contributed by atoms with E-state index in [2.05, 4.69) is 26.2 Å². The molecule has 144 valence electrons. The molecule has 1 heterocycles. The lowest BCUT2D eigenvalue weighted by Crippen LogP contribution is -2.22. The van der Waals surface area contributed by atoms with Crippen LogP contribution in [0.4, 0.5) is 11.4 Å². The Morgan fingerprint density at radius 3 is 2.71 bits per heavy atom. The molecule has 4 rings (SSSR count). The van der Waals surface area contributed by atoms with E-state index in [1.54, 1.807) is 0 Å². The van der Waals surface area contributed by atoms with Crippen molar-refractivity contribution in [3.63, 3.8) is 0 Å². The third-order valence-electron chi connectivity index (χ3n) is 4.44. The summed E-state index contributed by atoms with van der Waals surface area (Å²) in [6.45, 7) is 2.61. The molecule has 2 N–H and O–H groups in total. The Bertz CT molecular complexity index is 949. The predicted molar refractivity (Wildman–Crippen MR) is 106 cm³/mol. The number of amides is 1. The van der Waals surface area contributed by atoms with Crippen molar-refractivity contribution >= 4 is 17.3 Å². The van der Waals surface area contributed by atoms with Gasteiger partial charge in [-0.25, -0.2) is 4.68 Å². The SMILES string of the molecule is CCOc1ccccc1NC(=O)CNc1ccc(-c2nnnn2C2CC2)cc1. The first kappa shape index (κ1) is 18.0. The molecule has 0 saturated heterocycles. The molecular weight excluding hydrogens is 356 g/mol. The summed E-state index contributed by atoms with van der Waals surface area (Å²) in [5.41, 5.74) is 2.47. The molecule has 0 unspecified atom stereocenters. The largest absolute Gasteiger partial charge is 0.492 e. The van der Waals surface area contributed by atoms with Crippen molar-refractivity contribution in [1.82, 2.24) is 20.2 Å². The maximum atomic E-state index is 12.3. The van der Waals surface area contributed by atoms with Crippen molar-refractivity contribution in [1.29, 1.82) is 0 Å². The van der Waals surface area contributed by atoms with Gasteiger partial charge in [0.2, 0.25) is 5.91 Å². The molecule has 8 nitrogen and oxygen atoms in total. The Hall–Kier alpha value is -3.42. The Morgan fingerprint density at radius 1 is 1.18 bits per heavy atom. The Labute approximate surface area is 162 Å². The highest BCUT2D eigenvalue weighted by atomic mass is 16.5. The molecule has 0 radical (unpaired) electrons. The quantitative estimate of drug-likeness (QED) is 0.625. The van der Waals surface area contributed by atoms with Gasteiger partial charge in [-0.2, -0.15) is 0 Å². The molecule has 0 bridgehead atoms. The number of carbonyl (C=O) groups is 1. The zero-order valence-corrected chi connectivity index (χ0v) is 15.6. The third-order valence-corrected chi connectivity index (χ3v) is 4.44. The van der Waals surface area contributed by atoms with Gasteiger partial charge in [-0.1, -0.05) is 12.1 Å². The average molecular weight is 378 g/mol. The van der Waals surface area contributed by atoms with Crippen LogP contribution in [0.25, 0.3) is 11.4 Å². The van der Waals surface area contributed by atoms with E-state index in [0.717, 1.165) is 29.9 Å². The van der Waals surface area contributed by atoms with Crippen molar-refractivity contribution in [2.75, 3.05) is 23.8 Å². The van der Waals surface area contributed by atoms with Crippen LogP contribution < -0.4 is 15.4 Å². The summed E-state index contributed by atoms with van der Waals surface area (Å²) in [5, 5.41) is 18.0. The van der Waals surface area contributed by atoms with E-state index < -0.39 is 0 Å². The van der Waals surface area contributed by atoms with Gasteiger partial charge >= 0.3 is 0 Å². The molecule has 1 amide bonds. The number of hydrogen-bond donors (Lipinski definition) is 2. The van der Waals surface area contributed by atoms with Crippen LogP contribution in [0.3, 0.4) is 0 Å². The van der Waals surface area contributed by atoms with E-state index in [-0.39, 0.29) is 12.5 Å². The number of benzene rings is 2. The van der Waals surface area contributed by atoms with Crippen molar-refractivity contribution in [2.24, 2.45) is 0 Å². The number of rotatable bonds is 8. The molecule has 1 aromatic heterocycles. The first-order chi connectivity index (χ1) is 13.7. The van der Waals surface area contributed by atoms with Crippen molar-refractivity contribution < 1.29 is 9.53 Å². The molecule has 1 saturated carbocycles. The normalized spacial score (nSPS) is 13.2. The lowest BCUT2D eigenvalue weighted by atomic mass is 10.2. The molecule has 1 aliphatic rings. The lowest BCUT2D eigenvalue weighted by molar-refractivity contribution is -0.114. The fraction of sp³-hybridized carbons (Fsp3) is 0.300. The van der Waals surface area contributed by atoms with Gasteiger partial charge in [-0.15, -0.1) is 5.10 Å². The number of ether oxygens (including phenoxy) is 1. The van der Waals surface area contributed by atoms with E-state index >= 15 is 0 Å². The fourth-order valence-corrected chi connectivity index (χ4v) is 2.91. The average Bonchev–Trinajstić information content (AvgIpc) is 3.45. The summed E-state index contributed by atoms with van der Waals surface area (Å²) in [4.78, 5) is 12.3. The first-order valence-corrected chi connectivity index (χ1v) is 9.38. The summed E-state index contributed by atoms with van der Waals surface area (Å²) < 4.78 is 7.41. The summed E-state index contributed by atoms with van der Waals surface area (Å²) in [7, 11) is 0. The predicted octanol–water partition coefficient (Wildman–Crippen LogP) is 3.12. The Balaban J connectivity index is 1.35. The molecular formula is C20H22N6O2. The van der Waals surface area contributed by atoms with Crippen LogP contribution in [-0.2, 0) is 4.79 Å². The summed E-state index contributed by atoms with van der Waals surface area (Å²) >= 11 is 0. The number of anilines is 2. The second-order valence-corrected chi connectivity index (χ2v) is 6.59. The number of para-hydroxylation sites is 2. The minimum atomic E-state index is -0.145. The summed E-state index contributed by atoms with van der Waals surface area (Å²) in [5.74, 6) is 1.30. The smallest absolute Gasteiger partial charge is 0.243 e. The zero-order chi connectivity index (χ0) is 19.3. The zero-order valence-electron chi connectivity index (χ0n) is 15.6. The highest BCUT2D eigenvalue weighted by molar-refractivity contribution is 5.95. The van der Waals surface area contributed by atoms with E-state index in [1.807, 2.05) is 60.1 Å². The molecule has 0 aliphatic heterocycles. The molecule has 0 atom stereocenters. The van der Waals surface area contributed by atoms with E-state index in [9.17, 15) is 4.79 Å². The van der Waals surface area contributed by atoms with E-state index in [0.29, 0.717) is 24.1 Å². The second-order valence-electron chi connectivity index (χ2n) is 6.59. The first-order valence-electron chi connectivity index (χ1n) is 9.38. The van der Waals surface area contributed by atoms with Gasteiger partial charge < -0.3 is 15.4 Å². The van der Waals surface area contributed by atoms with Gasteiger partial charge in [0, 0.05) is 11.3 Å². The number of hydrogen-bond acceptors (Lipinski definition) is 6. The molecule has 2 aromatic carbocycles. The van der Waals surface area contributed by atoms with Gasteiger partial charge in [0.25, 0.3) is 0 Å². The standard InChI is InChI=1S/C20H22N6O2/c1-2-28-18-6-4-3-5-17(18)22-19(27)13-21-15-9-7-14(8-10-15)20-23-24-25-26(20)16-11-12-16/h3-10,16,21H,2,11-13H2,1H3,(H,22,27). The van der Waals surface area contributed by atoms with Crippen LogP contribution in [0, 0.1) is 0 Å². The van der Waals surface area contributed by atoms with Crippen molar-refractivity contribution in [3.8, 4) is 17.1 Å². The van der Waals surface area contributed by atoms with Crippen molar-refractivity contribution in [2.45, 2.75) is 25.8 Å². The van der Waals surface area contributed by atoms with Crippen LogP contribution >= 0.6 is 0 Å². The maximum Gasteiger partial charge on any atom is 0.243 e. The Kier molecular flexibility index (Phi) is 5.18. The van der Waals surface area contributed by atoms with Crippen LogP contribution in [0.1, 0.15) is 25.8 Å².